The van der Waals surface area contributed by atoms with Gasteiger partial charge in [0.05, 0.1) is 40.5 Å². The molecule has 0 radical (unpaired) electrons. The molecule has 0 aliphatic heterocycles. The molecule has 0 bridgehead atoms. The van der Waals surface area contributed by atoms with Crippen molar-refractivity contribution >= 4 is 17.4 Å². The standard InChI is InChI=1S/C21H26N6O3/c1-6-18(26-14(3)11-19(24-26)27(29)30)21(28)22-20-15(4)23-25(16(20)5)12-17-10-8-7-9-13(17)2/h7-11,18H,6,12H2,1-5H3,(H,22,28). The minimum Gasteiger partial charge on any atom is -0.358 e. The summed E-state index contributed by atoms with van der Waals surface area (Å²) in [5, 5.41) is 22.6. The Morgan fingerprint density at radius 3 is 2.50 bits per heavy atom. The van der Waals surface area contributed by atoms with E-state index in [4.69, 9.17) is 0 Å². The molecule has 1 unspecified atom stereocenters. The van der Waals surface area contributed by atoms with E-state index in [1.54, 1.807) is 6.92 Å². The molecule has 30 heavy (non-hydrogen) atoms. The molecular formula is C21H26N6O3. The fourth-order valence-electron chi connectivity index (χ4n) is 3.53. The van der Waals surface area contributed by atoms with E-state index in [-0.39, 0.29) is 11.7 Å². The number of amides is 1. The minimum atomic E-state index is -0.655. The Bertz CT molecular complexity index is 1100. The molecule has 1 atom stereocenters. The second-order valence-corrected chi connectivity index (χ2v) is 7.39. The van der Waals surface area contributed by atoms with Crippen LogP contribution in [0.2, 0.25) is 0 Å². The van der Waals surface area contributed by atoms with Crippen LogP contribution < -0.4 is 5.32 Å². The molecule has 0 saturated heterocycles. The van der Waals surface area contributed by atoms with Gasteiger partial charge in [0.25, 0.3) is 5.91 Å². The lowest BCUT2D eigenvalue weighted by molar-refractivity contribution is -0.389. The average molecular weight is 410 g/mol. The number of carbonyl (C=O) groups excluding carboxylic acids is 1. The summed E-state index contributed by atoms with van der Waals surface area (Å²) < 4.78 is 3.29. The zero-order valence-corrected chi connectivity index (χ0v) is 17.8. The Hall–Kier alpha value is -3.49. The zero-order chi connectivity index (χ0) is 22.0. The monoisotopic (exact) mass is 410 g/mol. The van der Waals surface area contributed by atoms with Gasteiger partial charge in [-0.15, -0.1) is 0 Å². The van der Waals surface area contributed by atoms with Crippen molar-refractivity contribution in [3.8, 4) is 0 Å². The second-order valence-electron chi connectivity index (χ2n) is 7.39. The Morgan fingerprint density at radius 1 is 1.20 bits per heavy atom. The summed E-state index contributed by atoms with van der Waals surface area (Å²) in [5.74, 6) is -0.544. The third kappa shape index (κ3) is 4.10. The number of aromatic nitrogens is 4. The van der Waals surface area contributed by atoms with Gasteiger partial charge in [0.2, 0.25) is 0 Å². The summed E-state index contributed by atoms with van der Waals surface area (Å²) in [4.78, 5) is 23.5. The van der Waals surface area contributed by atoms with Crippen molar-refractivity contribution in [1.29, 1.82) is 0 Å². The molecule has 0 saturated carbocycles. The largest absolute Gasteiger partial charge is 0.390 e. The lowest BCUT2D eigenvalue weighted by Gasteiger charge is -2.15. The third-order valence-electron chi connectivity index (χ3n) is 5.29. The maximum absolute atomic E-state index is 13.0. The van der Waals surface area contributed by atoms with Crippen LogP contribution in [0, 0.1) is 37.8 Å². The van der Waals surface area contributed by atoms with Crippen LogP contribution in [0.5, 0.6) is 0 Å². The van der Waals surface area contributed by atoms with Crippen LogP contribution in [-0.4, -0.2) is 30.4 Å². The molecule has 2 heterocycles. The Balaban J connectivity index is 1.85. The first-order chi connectivity index (χ1) is 14.2. The fourth-order valence-corrected chi connectivity index (χ4v) is 3.53. The number of hydrogen-bond acceptors (Lipinski definition) is 5. The van der Waals surface area contributed by atoms with E-state index in [1.165, 1.54) is 16.3 Å². The van der Waals surface area contributed by atoms with E-state index >= 15 is 0 Å². The van der Waals surface area contributed by atoms with Gasteiger partial charge < -0.3 is 15.4 Å². The van der Waals surface area contributed by atoms with Gasteiger partial charge >= 0.3 is 5.82 Å². The topological polar surface area (TPSA) is 108 Å². The first-order valence-corrected chi connectivity index (χ1v) is 9.82. The first-order valence-electron chi connectivity index (χ1n) is 9.82. The number of rotatable bonds is 7. The van der Waals surface area contributed by atoms with E-state index in [0.717, 1.165) is 11.3 Å². The Morgan fingerprint density at radius 2 is 1.90 bits per heavy atom. The Kier molecular flexibility index (Phi) is 6.00. The van der Waals surface area contributed by atoms with Gasteiger partial charge in [-0.1, -0.05) is 31.2 Å². The van der Waals surface area contributed by atoms with Crippen LogP contribution in [0.15, 0.2) is 30.3 Å². The van der Waals surface area contributed by atoms with E-state index in [2.05, 4.69) is 34.6 Å². The minimum absolute atomic E-state index is 0.267. The first kappa shape index (κ1) is 21.2. The molecule has 2 aromatic heterocycles. The summed E-state index contributed by atoms with van der Waals surface area (Å²) in [6.07, 6.45) is 0.445. The van der Waals surface area contributed by atoms with Gasteiger partial charge in [0.15, 0.2) is 6.04 Å². The molecule has 9 nitrogen and oxygen atoms in total. The van der Waals surface area contributed by atoms with Crippen LogP contribution >= 0.6 is 0 Å². The van der Waals surface area contributed by atoms with Crippen molar-refractivity contribution in [2.75, 3.05) is 5.32 Å². The summed E-state index contributed by atoms with van der Waals surface area (Å²) in [6, 6.07) is 8.82. The summed E-state index contributed by atoms with van der Waals surface area (Å²) in [5.41, 5.74) is 5.12. The highest BCUT2D eigenvalue weighted by atomic mass is 16.6. The molecule has 0 fully saturated rings. The lowest BCUT2D eigenvalue weighted by atomic mass is 10.1. The van der Waals surface area contributed by atoms with Crippen molar-refractivity contribution in [2.24, 2.45) is 0 Å². The van der Waals surface area contributed by atoms with E-state index < -0.39 is 11.0 Å². The molecule has 0 aliphatic carbocycles. The number of hydrogen-bond donors (Lipinski definition) is 1. The van der Waals surface area contributed by atoms with Crippen molar-refractivity contribution < 1.29 is 9.72 Å². The quantitative estimate of drug-likeness (QED) is 0.470. The molecule has 0 aliphatic rings. The van der Waals surface area contributed by atoms with Crippen molar-refractivity contribution in [2.45, 2.75) is 53.6 Å². The zero-order valence-electron chi connectivity index (χ0n) is 17.8. The highest BCUT2D eigenvalue weighted by Crippen LogP contribution is 2.25. The van der Waals surface area contributed by atoms with E-state index in [0.29, 0.717) is 30.0 Å². The number of nitro groups is 1. The highest BCUT2D eigenvalue weighted by molar-refractivity contribution is 5.94. The summed E-state index contributed by atoms with van der Waals surface area (Å²) in [7, 11) is 0. The van der Waals surface area contributed by atoms with Crippen LogP contribution in [0.3, 0.4) is 0 Å². The molecule has 3 aromatic rings. The molecule has 9 heteroatoms. The number of nitrogens with one attached hydrogen (secondary N) is 1. The van der Waals surface area contributed by atoms with E-state index in [1.807, 2.05) is 37.6 Å². The van der Waals surface area contributed by atoms with Crippen LogP contribution in [-0.2, 0) is 11.3 Å². The molecule has 158 valence electrons. The maximum Gasteiger partial charge on any atom is 0.390 e. The van der Waals surface area contributed by atoms with Gasteiger partial charge in [0.1, 0.15) is 0 Å². The van der Waals surface area contributed by atoms with Gasteiger partial charge in [-0.05, 0) is 50.2 Å². The van der Waals surface area contributed by atoms with Gasteiger partial charge in [-0.25, -0.2) is 0 Å². The molecule has 1 N–H and O–H groups in total. The van der Waals surface area contributed by atoms with Crippen LogP contribution in [0.1, 0.15) is 47.6 Å². The number of benzene rings is 1. The second kappa shape index (κ2) is 8.48. The predicted molar refractivity (Wildman–Crippen MR) is 114 cm³/mol. The molecule has 1 amide bonds. The Labute approximate surface area is 174 Å². The summed E-state index contributed by atoms with van der Waals surface area (Å²) in [6.45, 7) is 9.98. The summed E-state index contributed by atoms with van der Waals surface area (Å²) >= 11 is 0. The third-order valence-corrected chi connectivity index (χ3v) is 5.29. The maximum atomic E-state index is 13.0. The molecule has 3 rings (SSSR count). The number of anilines is 1. The predicted octanol–water partition coefficient (Wildman–Crippen LogP) is 3.86. The number of carbonyl (C=O) groups is 1. The molecular weight excluding hydrogens is 384 g/mol. The van der Waals surface area contributed by atoms with Gasteiger partial charge in [-0.3, -0.25) is 9.48 Å². The highest BCUT2D eigenvalue weighted by Gasteiger charge is 2.28. The smallest absolute Gasteiger partial charge is 0.358 e. The van der Waals surface area contributed by atoms with E-state index in [9.17, 15) is 14.9 Å². The number of nitrogens with zero attached hydrogens (tertiary/aromatic N) is 5. The van der Waals surface area contributed by atoms with Gasteiger partial charge in [-0.2, -0.15) is 9.78 Å². The van der Waals surface area contributed by atoms with Gasteiger partial charge in [0, 0.05) is 0 Å². The van der Waals surface area contributed by atoms with Crippen molar-refractivity contribution in [3.63, 3.8) is 0 Å². The average Bonchev–Trinajstić information content (AvgIpc) is 3.20. The van der Waals surface area contributed by atoms with Crippen molar-refractivity contribution in [1.82, 2.24) is 19.6 Å². The van der Waals surface area contributed by atoms with Crippen molar-refractivity contribution in [3.05, 3.63) is 68.7 Å². The molecule has 1 aromatic carbocycles. The SMILES string of the molecule is CCC(C(=O)Nc1c(C)nn(Cc2ccccc2C)c1C)n1nc([N+](=O)[O-])cc1C. The van der Waals surface area contributed by atoms with Crippen LogP contribution in [0.25, 0.3) is 0 Å². The number of aryl methyl sites for hydroxylation is 3. The lowest BCUT2D eigenvalue weighted by Crippen LogP contribution is -2.27. The molecule has 0 spiro atoms. The fraction of sp³-hybridized carbons (Fsp3) is 0.381. The van der Waals surface area contributed by atoms with Crippen LogP contribution in [0.4, 0.5) is 11.5 Å². The normalized spacial score (nSPS) is 12.0.